The van der Waals surface area contributed by atoms with Crippen LogP contribution in [-0.4, -0.2) is 0 Å². The highest BCUT2D eigenvalue weighted by molar-refractivity contribution is 7.99. The van der Waals surface area contributed by atoms with Crippen LogP contribution in [0.25, 0.3) is 0 Å². The molecule has 0 fully saturated rings. The lowest BCUT2D eigenvalue weighted by Crippen LogP contribution is -1.80. The van der Waals surface area contributed by atoms with Crippen molar-refractivity contribution in [3.63, 3.8) is 0 Å². The van der Waals surface area contributed by atoms with Gasteiger partial charge in [0, 0.05) is 9.79 Å². The second kappa shape index (κ2) is 5.46. The van der Waals surface area contributed by atoms with E-state index >= 15 is 0 Å². The first-order valence-electron chi connectivity index (χ1n) is 4.83. The molecule has 17 heavy (non-hydrogen) atoms. The molecule has 0 saturated heterocycles. The van der Waals surface area contributed by atoms with Crippen molar-refractivity contribution in [3.05, 3.63) is 58.1 Å². The van der Waals surface area contributed by atoms with Crippen LogP contribution >= 0.6 is 35.0 Å². The standard InChI is InChI=1S/C13H7Cl2NS/c14-11-6-5-10(7-12(11)15)17-13-4-2-1-3-9(13)8-16/h1-7H. The largest absolute Gasteiger partial charge is 0.192 e. The minimum absolute atomic E-state index is 0.520. The number of hydrogen-bond donors (Lipinski definition) is 0. The summed E-state index contributed by atoms with van der Waals surface area (Å²) in [7, 11) is 0. The minimum atomic E-state index is 0.520. The smallest absolute Gasteiger partial charge is 0.100 e. The Bertz CT molecular complexity index is 590. The molecule has 0 saturated carbocycles. The zero-order valence-electron chi connectivity index (χ0n) is 8.65. The molecule has 0 aliphatic heterocycles. The van der Waals surface area contributed by atoms with Crippen LogP contribution < -0.4 is 0 Å². The van der Waals surface area contributed by atoms with E-state index in [4.69, 9.17) is 28.5 Å². The molecule has 0 aromatic heterocycles. The molecule has 0 aliphatic carbocycles. The lowest BCUT2D eigenvalue weighted by molar-refractivity contribution is 1.35. The SMILES string of the molecule is N#Cc1ccccc1Sc1ccc(Cl)c(Cl)c1. The van der Waals surface area contributed by atoms with Crippen LogP contribution in [0.4, 0.5) is 0 Å². The fourth-order valence-corrected chi connectivity index (χ4v) is 2.62. The molecule has 4 heteroatoms. The topological polar surface area (TPSA) is 23.8 Å². The molecule has 2 rings (SSSR count). The van der Waals surface area contributed by atoms with Crippen molar-refractivity contribution in [2.75, 3.05) is 0 Å². The lowest BCUT2D eigenvalue weighted by atomic mass is 10.2. The zero-order chi connectivity index (χ0) is 12.3. The molecule has 0 bridgehead atoms. The summed E-state index contributed by atoms with van der Waals surface area (Å²) in [5.74, 6) is 0. The lowest BCUT2D eigenvalue weighted by Gasteiger charge is -2.04. The van der Waals surface area contributed by atoms with Crippen molar-refractivity contribution < 1.29 is 0 Å². The highest BCUT2D eigenvalue weighted by Gasteiger charge is 2.05. The molecular formula is C13H7Cl2NS. The maximum atomic E-state index is 8.98. The molecule has 0 spiro atoms. The molecule has 0 amide bonds. The Hall–Kier alpha value is -1.14. The predicted octanol–water partition coefficient (Wildman–Crippen LogP) is 5.02. The van der Waals surface area contributed by atoms with Crippen LogP contribution in [0.1, 0.15) is 5.56 Å². The summed E-state index contributed by atoms with van der Waals surface area (Å²) < 4.78 is 0. The van der Waals surface area contributed by atoms with Gasteiger partial charge in [-0.3, -0.25) is 0 Å². The van der Waals surface area contributed by atoms with E-state index in [2.05, 4.69) is 6.07 Å². The summed E-state index contributed by atoms with van der Waals surface area (Å²) in [5.41, 5.74) is 0.656. The summed E-state index contributed by atoms with van der Waals surface area (Å²) in [5, 5.41) is 10.0. The van der Waals surface area contributed by atoms with Gasteiger partial charge >= 0.3 is 0 Å². The molecule has 0 radical (unpaired) electrons. The molecule has 1 nitrogen and oxygen atoms in total. The molecule has 0 aliphatic rings. The number of hydrogen-bond acceptors (Lipinski definition) is 2. The third-order valence-electron chi connectivity index (χ3n) is 2.13. The van der Waals surface area contributed by atoms with Crippen molar-refractivity contribution in [1.29, 1.82) is 5.26 Å². The monoisotopic (exact) mass is 279 g/mol. The zero-order valence-corrected chi connectivity index (χ0v) is 11.0. The third kappa shape index (κ3) is 2.95. The molecule has 84 valence electrons. The Labute approximate surface area is 114 Å². The third-order valence-corrected chi connectivity index (χ3v) is 3.93. The van der Waals surface area contributed by atoms with E-state index in [9.17, 15) is 0 Å². The first kappa shape index (κ1) is 12.3. The van der Waals surface area contributed by atoms with Gasteiger partial charge in [-0.05, 0) is 30.3 Å². The van der Waals surface area contributed by atoms with Gasteiger partial charge in [-0.25, -0.2) is 0 Å². The number of nitriles is 1. The maximum absolute atomic E-state index is 8.98. The number of rotatable bonds is 2. The van der Waals surface area contributed by atoms with E-state index < -0.39 is 0 Å². The van der Waals surface area contributed by atoms with E-state index in [1.165, 1.54) is 11.8 Å². The van der Waals surface area contributed by atoms with Crippen molar-refractivity contribution in [2.45, 2.75) is 9.79 Å². The average Bonchev–Trinajstić information content (AvgIpc) is 2.34. The first-order chi connectivity index (χ1) is 8.20. The fraction of sp³-hybridized carbons (Fsp3) is 0. The minimum Gasteiger partial charge on any atom is -0.192 e. The average molecular weight is 280 g/mol. The van der Waals surface area contributed by atoms with Gasteiger partial charge in [0.25, 0.3) is 0 Å². The highest BCUT2D eigenvalue weighted by atomic mass is 35.5. The summed E-state index contributed by atoms with van der Waals surface area (Å²) in [6, 6.07) is 15.0. The van der Waals surface area contributed by atoms with E-state index in [0.717, 1.165) is 9.79 Å². The van der Waals surface area contributed by atoms with Gasteiger partial charge in [0.15, 0.2) is 0 Å². The van der Waals surface area contributed by atoms with Crippen LogP contribution in [0.15, 0.2) is 52.3 Å². The highest BCUT2D eigenvalue weighted by Crippen LogP contribution is 2.33. The van der Waals surface area contributed by atoms with Gasteiger partial charge < -0.3 is 0 Å². The fourth-order valence-electron chi connectivity index (χ4n) is 1.32. The molecular weight excluding hydrogens is 273 g/mol. The van der Waals surface area contributed by atoms with E-state index in [0.29, 0.717) is 15.6 Å². The van der Waals surface area contributed by atoms with Crippen LogP contribution in [0.3, 0.4) is 0 Å². The van der Waals surface area contributed by atoms with Crippen molar-refractivity contribution in [1.82, 2.24) is 0 Å². The quantitative estimate of drug-likeness (QED) is 0.771. The molecule has 0 atom stereocenters. The van der Waals surface area contributed by atoms with E-state index in [1.54, 1.807) is 18.2 Å². The van der Waals surface area contributed by atoms with Crippen LogP contribution in [0.5, 0.6) is 0 Å². The second-order valence-electron chi connectivity index (χ2n) is 3.29. The van der Waals surface area contributed by atoms with E-state index in [-0.39, 0.29) is 0 Å². The van der Waals surface area contributed by atoms with Gasteiger partial charge in [0.1, 0.15) is 6.07 Å². The van der Waals surface area contributed by atoms with E-state index in [1.807, 2.05) is 24.3 Å². The molecule has 0 heterocycles. The Balaban J connectivity index is 2.32. The summed E-state index contributed by atoms with van der Waals surface area (Å²) in [6.07, 6.45) is 0. The Kier molecular flexibility index (Phi) is 3.96. The Morgan fingerprint density at radius 1 is 1.00 bits per heavy atom. The molecule has 2 aromatic carbocycles. The van der Waals surface area contributed by atoms with Crippen molar-refractivity contribution in [2.24, 2.45) is 0 Å². The molecule has 2 aromatic rings. The van der Waals surface area contributed by atoms with Crippen molar-refractivity contribution >= 4 is 35.0 Å². The predicted molar refractivity (Wildman–Crippen MR) is 71.7 cm³/mol. The van der Waals surface area contributed by atoms with Crippen molar-refractivity contribution in [3.8, 4) is 6.07 Å². The Morgan fingerprint density at radius 2 is 1.76 bits per heavy atom. The number of halogens is 2. The van der Waals surface area contributed by atoms with Gasteiger partial charge in [-0.2, -0.15) is 5.26 Å². The molecule has 0 unspecified atom stereocenters. The Morgan fingerprint density at radius 3 is 2.47 bits per heavy atom. The van der Waals surface area contributed by atoms with Gasteiger partial charge in [-0.15, -0.1) is 0 Å². The van der Waals surface area contributed by atoms with Gasteiger partial charge in [0.05, 0.1) is 15.6 Å². The summed E-state index contributed by atoms with van der Waals surface area (Å²) in [4.78, 5) is 1.87. The number of benzene rings is 2. The second-order valence-corrected chi connectivity index (χ2v) is 5.22. The maximum Gasteiger partial charge on any atom is 0.100 e. The van der Waals surface area contributed by atoms with Crippen LogP contribution in [-0.2, 0) is 0 Å². The summed E-state index contributed by atoms with van der Waals surface area (Å²) in [6.45, 7) is 0. The van der Waals surface area contributed by atoms with Gasteiger partial charge in [0.2, 0.25) is 0 Å². The number of nitrogens with zero attached hydrogens (tertiary/aromatic N) is 1. The summed E-state index contributed by atoms with van der Waals surface area (Å²) >= 11 is 13.3. The van der Waals surface area contributed by atoms with Crippen LogP contribution in [0.2, 0.25) is 10.0 Å². The molecule has 0 N–H and O–H groups in total. The van der Waals surface area contributed by atoms with Gasteiger partial charge in [-0.1, -0.05) is 47.1 Å². The van der Waals surface area contributed by atoms with Crippen LogP contribution in [0, 0.1) is 11.3 Å². The first-order valence-corrected chi connectivity index (χ1v) is 6.40. The normalized spacial score (nSPS) is 9.94.